The third kappa shape index (κ3) is 3.56. The fraction of sp³-hybridized carbons (Fsp3) is 0.600. The fourth-order valence-corrected chi connectivity index (χ4v) is 3.09. The van der Waals surface area contributed by atoms with E-state index < -0.39 is 24.1 Å². The minimum absolute atomic E-state index is 0.0259. The molecular formula is C15H20O6. The summed E-state index contributed by atoms with van der Waals surface area (Å²) in [7, 11) is 0. The number of hydrogen-bond acceptors (Lipinski definition) is 4. The summed E-state index contributed by atoms with van der Waals surface area (Å²) in [6.45, 7) is 1.94. The van der Waals surface area contributed by atoms with Crippen LogP contribution in [0.5, 0.6) is 0 Å². The van der Waals surface area contributed by atoms with Crippen LogP contribution in [0.15, 0.2) is 24.7 Å². The first-order valence-corrected chi connectivity index (χ1v) is 7.07. The monoisotopic (exact) mass is 296 g/mol. The smallest absolute Gasteiger partial charge is 0.345 e. The van der Waals surface area contributed by atoms with E-state index in [-0.39, 0.29) is 17.8 Å². The number of aliphatic carboxylic acids is 2. The average molecular weight is 296 g/mol. The van der Waals surface area contributed by atoms with Crippen molar-refractivity contribution in [2.45, 2.75) is 38.4 Å². The highest BCUT2D eigenvalue weighted by Gasteiger charge is 2.38. The third-order valence-electron chi connectivity index (χ3n) is 4.20. The second-order valence-corrected chi connectivity index (χ2v) is 5.64. The van der Waals surface area contributed by atoms with Gasteiger partial charge in [-0.25, -0.2) is 9.59 Å². The summed E-state index contributed by atoms with van der Waals surface area (Å²) in [6, 6.07) is 0. The van der Waals surface area contributed by atoms with Gasteiger partial charge in [0.2, 0.25) is 0 Å². The van der Waals surface area contributed by atoms with E-state index >= 15 is 0 Å². The van der Waals surface area contributed by atoms with Crippen molar-refractivity contribution in [2.24, 2.45) is 17.8 Å². The lowest BCUT2D eigenvalue weighted by molar-refractivity contribution is -0.154. The van der Waals surface area contributed by atoms with Crippen LogP contribution in [0.1, 0.15) is 26.2 Å². The molecule has 0 fully saturated rings. The van der Waals surface area contributed by atoms with Crippen molar-refractivity contribution in [3.8, 4) is 0 Å². The minimum atomic E-state index is -0.981. The average Bonchev–Trinajstić information content (AvgIpc) is 2.47. The van der Waals surface area contributed by atoms with E-state index in [1.54, 1.807) is 0 Å². The Balaban J connectivity index is 2.03. The Hall–Kier alpha value is -1.98. The van der Waals surface area contributed by atoms with E-state index in [0.717, 1.165) is 0 Å². The molecule has 0 radical (unpaired) electrons. The van der Waals surface area contributed by atoms with Gasteiger partial charge in [0.1, 0.15) is 0 Å². The summed E-state index contributed by atoms with van der Waals surface area (Å²) in [5, 5.41) is 18.4. The highest BCUT2D eigenvalue weighted by atomic mass is 16.5. The highest BCUT2D eigenvalue weighted by Crippen LogP contribution is 2.34. The Morgan fingerprint density at radius 3 is 2.29 bits per heavy atom. The molecule has 0 aromatic carbocycles. The zero-order valence-electron chi connectivity index (χ0n) is 11.8. The van der Waals surface area contributed by atoms with E-state index in [1.165, 1.54) is 12.5 Å². The SMILES string of the molecule is CC(CC1CC=COC1C(=O)O)C1CC=COC1C(=O)O. The van der Waals surface area contributed by atoms with Gasteiger partial charge in [0.05, 0.1) is 12.5 Å². The summed E-state index contributed by atoms with van der Waals surface area (Å²) in [4.78, 5) is 22.5. The first-order valence-electron chi connectivity index (χ1n) is 7.07. The van der Waals surface area contributed by atoms with E-state index in [9.17, 15) is 19.8 Å². The Morgan fingerprint density at radius 2 is 1.67 bits per heavy atom. The van der Waals surface area contributed by atoms with Crippen molar-refractivity contribution >= 4 is 11.9 Å². The van der Waals surface area contributed by atoms with E-state index in [0.29, 0.717) is 19.3 Å². The zero-order chi connectivity index (χ0) is 15.4. The second-order valence-electron chi connectivity index (χ2n) is 5.64. The predicted molar refractivity (Wildman–Crippen MR) is 73.3 cm³/mol. The van der Waals surface area contributed by atoms with E-state index in [4.69, 9.17) is 9.47 Å². The molecule has 0 saturated carbocycles. The number of rotatable bonds is 5. The normalized spacial score (nSPS) is 32.8. The van der Waals surface area contributed by atoms with Crippen molar-refractivity contribution in [3.63, 3.8) is 0 Å². The van der Waals surface area contributed by atoms with Crippen LogP contribution in [0, 0.1) is 17.8 Å². The Morgan fingerprint density at radius 1 is 1.10 bits per heavy atom. The Bertz CT molecular complexity index is 455. The number of carboxylic acid groups (broad SMARTS) is 2. The van der Waals surface area contributed by atoms with Crippen LogP contribution in [0.4, 0.5) is 0 Å². The summed E-state index contributed by atoms with van der Waals surface area (Å²) in [5.41, 5.74) is 0. The molecular weight excluding hydrogens is 276 g/mol. The van der Waals surface area contributed by atoms with Crippen LogP contribution in [0.2, 0.25) is 0 Å². The van der Waals surface area contributed by atoms with Gasteiger partial charge in [-0.15, -0.1) is 0 Å². The number of carbonyl (C=O) groups is 2. The summed E-state index contributed by atoms with van der Waals surface area (Å²) >= 11 is 0. The maximum absolute atomic E-state index is 11.2. The lowest BCUT2D eigenvalue weighted by atomic mass is 9.77. The van der Waals surface area contributed by atoms with Crippen molar-refractivity contribution in [1.82, 2.24) is 0 Å². The molecule has 0 amide bonds. The first kappa shape index (κ1) is 15.4. The lowest BCUT2D eigenvalue weighted by Crippen LogP contribution is -2.39. The van der Waals surface area contributed by atoms with Gasteiger partial charge in [-0.3, -0.25) is 0 Å². The highest BCUT2D eigenvalue weighted by molar-refractivity contribution is 5.73. The van der Waals surface area contributed by atoms with Gasteiger partial charge >= 0.3 is 11.9 Å². The van der Waals surface area contributed by atoms with E-state index in [2.05, 4.69) is 0 Å². The van der Waals surface area contributed by atoms with Gasteiger partial charge in [0, 0.05) is 11.8 Å². The number of carboxylic acids is 2. The number of ether oxygens (including phenoxy) is 2. The first-order chi connectivity index (χ1) is 10.0. The van der Waals surface area contributed by atoms with Crippen LogP contribution in [0.3, 0.4) is 0 Å². The molecule has 5 unspecified atom stereocenters. The Kier molecular flexibility index (Phi) is 4.88. The molecule has 6 nitrogen and oxygen atoms in total. The molecule has 2 N–H and O–H groups in total. The van der Waals surface area contributed by atoms with Crippen LogP contribution in [-0.2, 0) is 19.1 Å². The topological polar surface area (TPSA) is 93.1 Å². The largest absolute Gasteiger partial charge is 0.486 e. The molecule has 0 bridgehead atoms. The second kappa shape index (κ2) is 6.65. The van der Waals surface area contributed by atoms with Crippen LogP contribution >= 0.6 is 0 Å². The molecule has 6 heteroatoms. The maximum Gasteiger partial charge on any atom is 0.345 e. The summed E-state index contributed by atoms with van der Waals surface area (Å²) in [5.74, 6) is -2.24. The quantitative estimate of drug-likeness (QED) is 0.806. The lowest BCUT2D eigenvalue weighted by Gasteiger charge is -2.34. The van der Waals surface area contributed by atoms with Gasteiger partial charge in [0.15, 0.2) is 12.2 Å². The molecule has 0 aliphatic carbocycles. The number of hydrogen-bond donors (Lipinski definition) is 2. The standard InChI is InChI=1S/C15H20O6/c1-9(11-5-3-7-21-13(11)15(18)19)8-10-4-2-6-20-12(10)14(16)17/h2-3,6-7,9-13H,4-5,8H2,1H3,(H,16,17)(H,18,19). The van der Waals surface area contributed by atoms with Crippen molar-refractivity contribution in [2.75, 3.05) is 0 Å². The molecule has 2 rings (SSSR count). The minimum Gasteiger partial charge on any atom is -0.486 e. The number of allylic oxidation sites excluding steroid dienone is 2. The van der Waals surface area contributed by atoms with Crippen molar-refractivity contribution in [1.29, 1.82) is 0 Å². The molecule has 0 spiro atoms. The van der Waals surface area contributed by atoms with Gasteiger partial charge in [-0.05, 0) is 37.3 Å². The molecule has 2 heterocycles. The Labute approximate surface area is 123 Å². The van der Waals surface area contributed by atoms with Gasteiger partial charge in [0.25, 0.3) is 0 Å². The molecule has 0 aromatic rings. The predicted octanol–water partition coefficient (Wildman–Crippen LogP) is 2.02. The molecule has 21 heavy (non-hydrogen) atoms. The van der Waals surface area contributed by atoms with Crippen LogP contribution in [0.25, 0.3) is 0 Å². The molecule has 116 valence electrons. The molecule has 2 aliphatic heterocycles. The van der Waals surface area contributed by atoms with Gasteiger partial charge in [-0.2, -0.15) is 0 Å². The summed E-state index contributed by atoms with van der Waals surface area (Å²) < 4.78 is 10.4. The van der Waals surface area contributed by atoms with Gasteiger partial charge in [-0.1, -0.05) is 6.92 Å². The fourth-order valence-electron chi connectivity index (χ4n) is 3.09. The third-order valence-corrected chi connectivity index (χ3v) is 4.20. The van der Waals surface area contributed by atoms with Crippen molar-refractivity contribution in [3.05, 3.63) is 24.7 Å². The molecule has 2 aliphatic rings. The van der Waals surface area contributed by atoms with Crippen LogP contribution in [-0.4, -0.2) is 34.4 Å². The molecule has 5 atom stereocenters. The molecule has 0 saturated heterocycles. The molecule has 0 aromatic heterocycles. The van der Waals surface area contributed by atoms with E-state index in [1.807, 2.05) is 19.1 Å². The zero-order valence-corrected chi connectivity index (χ0v) is 11.8. The summed E-state index contributed by atoms with van der Waals surface area (Å²) in [6.07, 6.45) is 6.58. The van der Waals surface area contributed by atoms with Gasteiger partial charge < -0.3 is 19.7 Å². The maximum atomic E-state index is 11.2. The van der Waals surface area contributed by atoms with Crippen LogP contribution < -0.4 is 0 Å². The van der Waals surface area contributed by atoms with Crippen molar-refractivity contribution < 1.29 is 29.3 Å².